The zero-order valence-electron chi connectivity index (χ0n) is 10.8. The van der Waals surface area contributed by atoms with Crippen molar-refractivity contribution in [3.8, 4) is 0 Å². The van der Waals surface area contributed by atoms with Gasteiger partial charge in [0.1, 0.15) is 5.82 Å². The van der Waals surface area contributed by atoms with Gasteiger partial charge in [0.05, 0.1) is 0 Å². The Hall–Kier alpha value is -2.50. The van der Waals surface area contributed by atoms with Crippen LogP contribution < -0.4 is 5.32 Å². The molecule has 3 aromatic rings. The van der Waals surface area contributed by atoms with E-state index in [4.69, 9.17) is 0 Å². The highest BCUT2D eigenvalue weighted by Gasteiger charge is 2.07. The van der Waals surface area contributed by atoms with E-state index in [1.54, 1.807) is 0 Å². The minimum absolute atomic E-state index is 0.169. The minimum Gasteiger partial charge on any atom is -0.362 e. The number of tetrazole rings is 1. The second-order valence-corrected chi connectivity index (χ2v) is 4.52. The Morgan fingerprint density at radius 2 is 1.89 bits per heavy atom. The lowest BCUT2D eigenvalue weighted by Gasteiger charge is -2.14. The molecule has 0 aliphatic rings. The zero-order valence-corrected chi connectivity index (χ0v) is 10.8. The molecule has 6 heteroatoms. The molecule has 19 heavy (non-hydrogen) atoms. The normalized spacial score (nSPS) is 12.5. The predicted octanol–water partition coefficient (Wildman–Crippen LogP) is 2.00. The van der Waals surface area contributed by atoms with Gasteiger partial charge in [-0.1, -0.05) is 29.8 Å². The number of aromatic nitrogens is 5. The highest BCUT2D eigenvalue weighted by Crippen LogP contribution is 2.18. The number of fused-ring (bicyclic) bond motifs is 1. The first-order chi connectivity index (χ1) is 9.22. The molecule has 1 unspecified atom stereocenters. The Bertz CT molecular complexity index is 688. The second-order valence-electron chi connectivity index (χ2n) is 4.52. The lowest BCUT2D eigenvalue weighted by Crippen LogP contribution is -2.09. The number of rotatable bonds is 3. The molecule has 0 spiro atoms. The molecule has 2 aromatic heterocycles. The summed E-state index contributed by atoms with van der Waals surface area (Å²) in [7, 11) is 0. The van der Waals surface area contributed by atoms with Crippen LogP contribution in [0.2, 0.25) is 0 Å². The zero-order chi connectivity index (χ0) is 13.2. The molecule has 1 N–H and O–H groups in total. The molecule has 0 fully saturated rings. The average molecular weight is 254 g/mol. The monoisotopic (exact) mass is 254 g/mol. The molecule has 1 atom stereocenters. The molecule has 96 valence electrons. The third-order valence-electron chi connectivity index (χ3n) is 3.01. The van der Waals surface area contributed by atoms with E-state index in [0.717, 1.165) is 5.82 Å². The van der Waals surface area contributed by atoms with Crippen LogP contribution in [0.15, 0.2) is 36.4 Å². The fraction of sp³-hybridized carbons (Fsp3) is 0.231. The molecule has 0 radical (unpaired) electrons. The van der Waals surface area contributed by atoms with Crippen molar-refractivity contribution in [3.63, 3.8) is 0 Å². The van der Waals surface area contributed by atoms with Crippen LogP contribution in [0.25, 0.3) is 5.65 Å². The van der Waals surface area contributed by atoms with Gasteiger partial charge >= 0.3 is 0 Å². The third kappa shape index (κ3) is 2.37. The van der Waals surface area contributed by atoms with Crippen LogP contribution in [0.5, 0.6) is 0 Å². The quantitative estimate of drug-likeness (QED) is 0.774. The van der Waals surface area contributed by atoms with Gasteiger partial charge in [-0.05, 0) is 42.0 Å². The Morgan fingerprint density at radius 3 is 2.68 bits per heavy atom. The van der Waals surface area contributed by atoms with Crippen molar-refractivity contribution < 1.29 is 0 Å². The van der Waals surface area contributed by atoms with Crippen LogP contribution in [0, 0.1) is 6.92 Å². The fourth-order valence-corrected chi connectivity index (χ4v) is 1.89. The largest absolute Gasteiger partial charge is 0.362 e. The fourth-order valence-electron chi connectivity index (χ4n) is 1.89. The number of aryl methyl sites for hydroxylation is 1. The van der Waals surface area contributed by atoms with E-state index in [0.29, 0.717) is 5.65 Å². The lowest BCUT2D eigenvalue weighted by molar-refractivity contribution is 0.728. The molecule has 0 saturated carbocycles. The first-order valence-electron chi connectivity index (χ1n) is 6.11. The second kappa shape index (κ2) is 4.64. The van der Waals surface area contributed by atoms with Gasteiger partial charge < -0.3 is 5.32 Å². The highest BCUT2D eigenvalue weighted by atomic mass is 15.6. The van der Waals surface area contributed by atoms with E-state index >= 15 is 0 Å². The Morgan fingerprint density at radius 1 is 1.11 bits per heavy atom. The topological polar surface area (TPSA) is 68.0 Å². The van der Waals surface area contributed by atoms with Gasteiger partial charge in [0, 0.05) is 6.04 Å². The van der Waals surface area contributed by atoms with Crippen molar-refractivity contribution in [2.75, 3.05) is 5.32 Å². The standard InChI is InChI=1S/C13H14N6/c1-9-3-5-11(6-4-9)10(2)14-12-7-8-13-15-17-18-19(13)16-12/h3-8,10H,1-2H3,(H,14,16). The number of benzene rings is 1. The van der Waals surface area contributed by atoms with E-state index in [-0.39, 0.29) is 6.04 Å². The van der Waals surface area contributed by atoms with E-state index in [2.05, 4.69) is 64.1 Å². The van der Waals surface area contributed by atoms with Crippen molar-refractivity contribution in [3.05, 3.63) is 47.5 Å². The Balaban J connectivity index is 1.81. The van der Waals surface area contributed by atoms with Gasteiger partial charge in [0.15, 0.2) is 5.65 Å². The van der Waals surface area contributed by atoms with Gasteiger partial charge in [-0.25, -0.2) is 0 Å². The summed E-state index contributed by atoms with van der Waals surface area (Å²) in [6.07, 6.45) is 0. The average Bonchev–Trinajstić information content (AvgIpc) is 2.87. The van der Waals surface area contributed by atoms with Crippen molar-refractivity contribution in [2.24, 2.45) is 0 Å². The number of nitrogens with one attached hydrogen (secondary N) is 1. The molecule has 0 bridgehead atoms. The van der Waals surface area contributed by atoms with Gasteiger partial charge in [-0.3, -0.25) is 0 Å². The first kappa shape index (κ1) is 11.6. The van der Waals surface area contributed by atoms with Crippen LogP contribution in [-0.2, 0) is 0 Å². The summed E-state index contributed by atoms with van der Waals surface area (Å²) in [5, 5.41) is 18.8. The van der Waals surface area contributed by atoms with Gasteiger partial charge in [-0.2, -0.15) is 0 Å². The molecule has 0 saturated heterocycles. The van der Waals surface area contributed by atoms with Crippen LogP contribution >= 0.6 is 0 Å². The summed E-state index contributed by atoms with van der Waals surface area (Å²) in [6.45, 7) is 4.17. The summed E-state index contributed by atoms with van der Waals surface area (Å²) in [5.41, 5.74) is 3.10. The molecule has 2 heterocycles. The van der Waals surface area contributed by atoms with Crippen molar-refractivity contribution in [2.45, 2.75) is 19.9 Å². The number of nitrogens with zero attached hydrogens (tertiary/aromatic N) is 5. The smallest absolute Gasteiger partial charge is 0.200 e. The molecule has 0 amide bonds. The number of hydrogen-bond acceptors (Lipinski definition) is 5. The Labute approximate surface area is 110 Å². The van der Waals surface area contributed by atoms with Gasteiger partial charge in [0.25, 0.3) is 0 Å². The van der Waals surface area contributed by atoms with Crippen LogP contribution in [0.1, 0.15) is 24.1 Å². The van der Waals surface area contributed by atoms with Crippen molar-refractivity contribution in [1.82, 2.24) is 25.3 Å². The number of hydrogen-bond donors (Lipinski definition) is 1. The summed E-state index contributed by atoms with van der Waals surface area (Å²) in [6, 6.07) is 12.3. The summed E-state index contributed by atoms with van der Waals surface area (Å²) < 4.78 is 1.41. The molecular weight excluding hydrogens is 240 g/mol. The SMILES string of the molecule is Cc1ccc(C(C)Nc2ccc3nnnn3n2)cc1. The summed E-state index contributed by atoms with van der Waals surface area (Å²) in [4.78, 5) is 0. The molecule has 1 aromatic carbocycles. The first-order valence-corrected chi connectivity index (χ1v) is 6.11. The maximum Gasteiger partial charge on any atom is 0.200 e. The summed E-state index contributed by atoms with van der Waals surface area (Å²) in [5.74, 6) is 0.743. The minimum atomic E-state index is 0.169. The predicted molar refractivity (Wildman–Crippen MR) is 71.8 cm³/mol. The lowest BCUT2D eigenvalue weighted by atomic mass is 10.1. The van der Waals surface area contributed by atoms with Gasteiger partial charge in [-0.15, -0.1) is 14.8 Å². The van der Waals surface area contributed by atoms with E-state index in [1.807, 2.05) is 12.1 Å². The van der Waals surface area contributed by atoms with Crippen LogP contribution in [0.4, 0.5) is 5.82 Å². The number of anilines is 1. The van der Waals surface area contributed by atoms with E-state index in [9.17, 15) is 0 Å². The highest BCUT2D eigenvalue weighted by molar-refractivity contribution is 5.43. The van der Waals surface area contributed by atoms with Gasteiger partial charge in [0.2, 0.25) is 0 Å². The third-order valence-corrected chi connectivity index (χ3v) is 3.01. The molecule has 0 aliphatic heterocycles. The van der Waals surface area contributed by atoms with E-state index < -0.39 is 0 Å². The van der Waals surface area contributed by atoms with Crippen molar-refractivity contribution in [1.29, 1.82) is 0 Å². The van der Waals surface area contributed by atoms with E-state index in [1.165, 1.54) is 15.8 Å². The van der Waals surface area contributed by atoms with Crippen LogP contribution in [-0.4, -0.2) is 25.3 Å². The molecule has 3 rings (SSSR count). The molecule has 6 nitrogen and oxygen atoms in total. The van der Waals surface area contributed by atoms with Crippen LogP contribution in [0.3, 0.4) is 0 Å². The Kier molecular flexibility index (Phi) is 2.83. The maximum absolute atomic E-state index is 4.29. The van der Waals surface area contributed by atoms with Crippen molar-refractivity contribution >= 4 is 11.5 Å². The molecular formula is C13H14N6. The maximum atomic E-state index is 4.29. The molecule has 0 aliphatic carbocycles. The summed E-state index contributed by atoms with van der Waals surface area (Å²) >= 11 is 0.